The minimum Gasteiger partial charge on any atom is -0.392 e. The summed E-state index contributed by atoms with van der Waals surface area (Å²) < 4.78 is 13.3. The van der Waals surface area contributed by atoms with Gasteiger partial charge in [-0.3, -0.25) is 10.3 Å². The Hall–Kier alpha value is -1.20. The molecule has 1 aliphatic heterocycles. The van der Waals surface area contributed by atoms with Crippen molar-refractivity contribution < 1.29 is 9.50 Å². The van der Waals surface area contributed by atoms with Gasteiger partial charge >= 0.3 is 0 Å². The summed E-state index contributed by atoms with van der Waals surface area (Å²) in [6.07, 6.45) is 4.54. The highest BCUT2D eigenvalue weighted by atomic mass is 19.1. The Bertz CT molecular complexity index is 379. The summed E-state index contributed by atoms with van der Waals surface area (Å²) in [4.78, 5) is 3.68. The third-order valence-corrected chi connectivity index (χ3v) is 3.34. The predicted molar refractivity (Wildman–Crippen MR) is 75.8 cm³/mol. The van der Waals surface area contributed by atoms with E-state index in [-0.39, 0.29) is 11.9 Å². The summed E-state index contributed by atoms with van der Waals surface area (Å²) in [7, 11) is 1.68. The molecule has 4 nitrogen and oxygen atoms in total. The van der Waals surface area contributed by atoms with Crippen molar-refractivity contribution in [2.75, 3.05) is 26.7 Å². The van der Waals surface area contributed by atoms with Gasteiger partial charge in [0.1, 0.15) is 0 Å². The molecule has 0 spiro atoms. The molecular formula is C14H24FN3O. The predicted octanol–water partition coefficient (Wildman–Crippen LogP) is 2.13. The van der Waals surface area contributed by atoms with Gasteiger partial charge in [-0.2, -0.15) is 0 Å². The maximum atomic E-state index is 13.3. The average molecular weight is 269 g/mol. The number of aliphatic hydroxyl groups is 1. The first-order valence-electron chi connectivity index (χ1n) is 6.71. The third-order valence-electron chi connectivity index (χ3n) is 3.34. The molecule has 0 aromatic heterocycles. The molecule has 1 aliphatic rings. The van der Waals surface area contributed by atoms with Crippen LogP contribution in [0.25, 0.3) is 0 Å². The first-order valence-corrected chi connectivity index (χ1v) is 6.71. The minimum absolute atomic E-state index is 0.130. The van der Waals surface area contributed by atoms with Gasteiger partial charge in [0.05, 0.1) is 6.10 Å². The van der Waals surface area contributed by atoms with Crippen molar-refractivity contribution in [1.29, 1.82) is 5.41 Å². The largest absolute Gasteiger partial charge is 0.392 e. The number of amidine groups is 1. The Morgan fingerprint density at radius 3 is 2.74 bits per heavy atom. The fourth-order valence-electron chi connectivity index (χ4n) is 2.13. The van der Waals surface area contributed by atoms with E-state index in [1.54, 1.807) is 14.0 Å². The fraction of sp³-hybridized carbons (Fsp3) is 0.643. The Kier molecular flexibility index (Phi) is 6.18. The lowest BCUT2D eigenvalue weighted by Crippen LogP contribution is -2.27. The van der Waals surface area contributed by atoms with Gasteiger partial charge in [-0.25, -0.2) is 4.39 Å². The molecular weight excluding hydrogens is 245 g/mol. The van der Waals surface area contributed by atoms with Crippen molar-refractivity contribution in [3.05, 3.63) is 23.7 Å². The second-order valence-electron chi connectivity index (χ2n) is 4.91. The molecule has 1 rings (SSSR count). The molecule has 0 radical (unpaired) electrons. The van der Waals surface area contributed by atoms with Crippen molar-refractivity contribution in [2.45, 2.75) is 32.8 Å². The lowest BCUT2D eigenvalue weighted by atomic mass is 10.2. The summed E-state index contributed by atoms with van der Waals surface area (Å²) >= 11 is 0. The smallest absolute Gasteiger partial charge is 0.161 e. The van der Waals surface area contributed by atoms with Crippen LogP contribution in [0.1, 0.15) is 26.7 Å². The van der Waals surface area contributed by atoms with Gasteiger partial charge in [0.15, 0.2) is 11.7 Å². The molecule has 0 aromatic carbocycles. The van der Waals surface area contributed by atoms with E-state index in [1.165, 1.54) is 11.0 Å². The van der Waals surface area contributed by atoms with Gasteiger partial charge in [0.2, 0.25) is 0 Å². The van der Waals surface area contributed by atoms with Crippen LogP contribution in [0.4, 0.5) is 4.39 Å². The highest BCUT2D eigenvalue weighted by molar-refractivity contribution is 5.94. The minimum atomic E-state index is -0.522. The normalized spacial score (nSPS) is 21.8. The number of halogens is 1. The number of likely N-dealkylation sites (N-methyl/N-ethyl adjacent to an activating group) is 1. The molecule has 1 unspecified atom stereocenters. The summed E-state index contributed by atoms with van der Waals surface area (Å²) in [5.74, 6) is -0.652. The van der Waals surface area contributed by atoms with E-state index in [1.807, 2.05) is 13.1 Å². The molecule has 1 atom stereocenters. The van der Waals surface area contributed by atoms with Gasteiger partial charge in [-0.15, -0.1) is 0 Å². The fourth-order valence-corrected chi connectivity index (χ4v) is 2.13. The highest BCUT2D eigenvalue weighted by Crippen LogP contribution is 2.14. The second-order valence-corrected chi connectivity index (χ2v) is 4.91. The average Bonchev–Trinajstić information content (AvgIpc) is 2.81. The molecule has 0 bridgehead atoms. The van der Waals surface area contributed by atoms with Crippen LogP contribution >= 0.6 is 0 Å². The van der Waals surface area contributed by atoms with E-state index >= 15 is 0 Å². The van der Waals surface area contributed by atoms with Gasteiger partial charge < -0.3 is 10.0 Å². The maximum Gasteiger partial charge on any atom is 0.161 e. The number of hydrogen-bond donors (Lipinski definition) is 2. The van der Waals surface area contributed by atoms with E-state index in [0.717, 1.165) is 31.5 Å². The Morgan fingerprint density at radius 2 is 2.26 bits per heavy atom. The van der Waals surface area contributed by atoms with Gasteiger partial charge in [0, 0.05) is 32.9 Å². The molecule has 2 N–H and O–H groups in total. The van der Waals surface area contributed by atoms with Crippen LogP contribution < -0.4 is 0 Å². The molecule has 1 fully saturated rings. The van der Waals surface area contributed by atoms with Crippen LogP contribution in [0.3, 0.4) is 0 Å². The van der Waals surface area contributed by atoms with Crippen molar-refractivity contribution in [3.8, 4) is 0 Å². The molecule has 0 aliphatic carbocycles. The highest BCUT2D eigenvalue weighted by Gasteiger charge is 2.20. The zero-order valence-corrected chi connectivity index (χ0v) is 12.0. The van der Waals surface area contributed by atoms with Crippen LogP contribution in [0.5, 0.6) is 0 Å². The molecule has 1 heterocycles. The van der Waals surface area contributed by atoms with Crippen molar-refractivity contribution in [2.24, 2.45) is 0 Å². The standard InChI is InChI=1S/C14H24FN3O/c1-4-11(9-18-7-6-12(19)10-18)8-17(3)14(16)13(15)5-2/h5,8,12,16,19H,4,6-7,9-10H2,1-3H3. The maximum absolute atomic E-state index is 13.3. The molecule has 0 saturated carbocycles. The Labute approximate surface area is 114 Å². The first kappa shape index (κ1) is 15.9. The zero-order valence-electron chi connectivity index (χ0n) is 12.0. The lowest BCUT2D eigenvalue weighted by Gasteiger charge is -2.20. The van der Waals surface area contributed by atoms with Crippen molar-refractivity contribution in [3.63, 3.8) is 0 Å². The van der Waals surface area contributed by atoms with Gasteiger partial charge in [-0.1, -0.05) is 6.92 Å². The van der Waals surface area contributed by atoms with Crippen molar-refractivity contribution in [1.82, 2.24) is 9.80 Å². The van der Waals surface area contributed by atoms with Crippen LogP contribution in [0, 0.1) is 5.41 Å². The molecule has 1 saturated heterocycles. The monoisotopic (exact) mass is 269 g/mol. The summed E-state index contributed by atoms with van der Waals surface area (Å²) in [6, 6.07) is 0. The third kappa shape index (κ3) is 4.76. The number of β-amino-alcohol motifs (C(OH)–C–C–N with tert-alkyl or cyclic N) is 1. The Balaban J connectivity index is 2.63. The summed E-state index contributed by atoms with van der Waals surface area (Å²) in [6.45, 7) is 5.98. The number of likely N-dealkylation sites (tertiary alicyclic amines) is 1. The van der Waals surface area contributed by atoms with E-state index in [4.69, 9.17) is 5.41 Å². The lowest BCUT2D eigenvalue weighted by molar-refractivity contribution is 0.179. The van der Waals surface area contributed by atoms with E-state index in [2.05, 4.69) is 4.90 Å². The van der Waals surface area contributed by atoms with Crippen molar-refractivity contribution >= 4 is 5.84 Å². The van der Waals surface area contributed by atoms with E-state index < -0.39 is 5.83 Å². The van der Waals surface area contributed by atoms with Crippen LogP contribution in [-0.2, 0) is 0 Å². The number of nitrogens with zero attached hydrogens (tertiary/aromatic N) is 2. The molecule has 19 heavy (non-hydrogen) atoms. The van der Waals surface area contributed by atoms with Crippen LogP contribution in [0.15, 0.2) is 23.7 Å². The number of aliphatic hydroxyl groups excluding tert-OH is 1. The summed E-state index contributed by atoms with van der Waals surface area (Å²) in [5.41, 5.74) is 1.13. The molecule has 5 heteroatoms. The molecule has 108 valence electrons. The summed E-state index contributed by atoms with van der Waals surface area (Å²) in [5, 5.41) is 17.2. The number of rotatable bonds is 5. The van der Waals surface area contributed by atoms with E-state index in [0.29, 0.717) is 6.54 Å². The van der Waals surface area contributed by atoms with E-state index in [9.17, 15) is 9.50 Å². The molecule has 0 aromatic rings. The number of allylic oxidation sites excluding steroid dienone is 1. The van der Waals surface area contributed by atoms with Gasteiger partial charge in [0.25, 0.3) is 0 Å². The van der Waals surface area contributed by atoms with Crippen LogP contribution in [-0.4, -0.2) is 53.5 Å². The van der Waals surface area contributed by atoms with Gasteiger partial charge in [-0.05, 0) is 31.4 Å². The van der Waals surface area contributed by atoms with Crippen LogP contribution in [0.2, 0.25) is 0 Å². The number of hydrogen-bond acceptors (Lipinski definition) is 3. The first-order chi connectivity index (χ1) is 8.97. The quantitative estimate of drug-likeness (QED) is 0.594. The number of nitrogens with one attached hydrogen (secondary N) is 1. The topological polar surface area (TPSA) is 50.6 Å². The molecule has 0 amide bonds. The zero-order chi connectivity index (χ0) is 14.4. The Morgan fingerprint density at radius 1 is 1.58 bits per heavy atom. The SMILES string of the molecule is CC=C(F)C(=N)N(C)C=C(CC)CN1CCC(O)C1. The second kappa shape index (κ2) is 7.40.